The Balaban J connectivity index is 0.981. The van der Waals surface area contributed by atoms with E-state index in [4.69, 9.17) is 24.7 Å². The monoisotopic (exact) mass is 674 g/mol. The molecule has 10 nitrogen and oxygen atoms in total. The highest BCUT2D eigenvalue weighted by Gasteiger charge is 2.36. The molecule has 1 saturated carbocycles. The van der Waals surface area contributed by atoms with E-state index in [2.05, 4.69) is 11.6 Å². The molecule has 0 saturated heterocycles. The predicted octanol–water partition coefficient (Wildman–Crippen LogP) is 7.11. The first-order valence-electron chi connectivity index (χ1n) is 17.0. The van der Waals surface area contributed by atoms with E-state index in [0.717, 1.165) is 23.1 Å². The lowest BCUT2D eigenvalue weighted by Crippen LogP contribution is -2.32. The number of rotatable bonds is 12. The largest absolute Gasteiger partial charge is 0.493 e. The lowest BCUT2D eigenvalue weighted by Gasteiger charge is -2.22. The van der Waals surface area contributed by atoms with Crippen LogP contribution in [0.25, 0.3) is 5.57 Å². The third kappa shape index (κ3) is 6.45. The summed E-state index contributed by atoms with van der Waals surface area (Å²) in [5, 5.41) is 0. The summed E-state index contributed by atoms with van der Waals surface area (Å²) >= 11 is 0. The van der Waals surface area contributed by atoms with Crippen LogP contribution in [0.4, 0.5) is 11.4 Å². The molecule has 0 bridgehead atoms. The van der Waals surface area contributed by atoms with Crippen LogP contribution in [-0.2, 0) is 0 Å². The Morgan fingerprint density at radius 2 is 1.66 bits per heavy atom. The van der Waals surface area contributed by atoms with Gasteiger partial charge in [-0.25, -0.2) is 0 Å². The molecule has 2 amide bonds. The van der Waals surface area contributed by atoms with E-state index in [-0.39, 0.29) is 23.9 Å². The number of methoxy groups -OCH3 is 2. The summed E-state index contributed by atoms with van der Waals surface area (Å²) in [4.78, 5) is 35.5. The Hall–Kier alpha value is -5.51. The first kappa shape index (κ1) is 33.0. The van der Waals surface area contributed by atoms with E-state index in [1.165, 1.54) is 18.4 Å². The standard InChI is InChI=1S/C40H42N4O6/c1-5-30-16-27(25-7-8-25)22-43(30)39(45)32-18-35(47-3)37(15-24(32)2)49-13-6-14-50-38-20-34-33(19-36(38)48-4)40(46)44-23-28(17-31(44)21-42-34)26-9-11-29(41)12-10-26/h5,9-12,15,18-23,25,30-31H,1,6-8,13-14,16-17,41H2,2-4H3. The summed E-state index contributed by atoms with van der Waals surface area (Å²) in [6.45, 7) is 6.56. The van der Waals surface area contributed by atoms with Crippen LogP contribution < -0.4 is 24.7 Å². The zero-order chi connectivity index (χ0) is 34.9. The van der Waals surface area contributed by atoms with Gasteiger partial charge in [0.05, 0.1) is 50.8 Å². The molecule has 3 aliphatic heterocycles. The van der Waals surface area contributed by atoms with Crippen LogP contribution in [0.2, 0.25) is 0 Å². The Kier molecular flexibility index (Phi) is 9.10. The molecule has 258 valence electrons. The zero-order valence-corrected chi connectivity index (χ0v) is 28.7. The predicted molar refractivity (Wildman–Crippen MR) is 193 cm³/mol. The summed E-state index contributed by atoms with van der Waals surface area (Å²) in [5.41, 5.74) is 12.3. The van der Waals surface area contributed by atoms with E-state index < -0.39 is 0 Å². The normalized spacial score (nSPS) is 19.3. The first-order chi connectivity index (χ1) is 24.3. The minimum atomic E-state index is -0.191. The Bertz CT molecular complexity index is 1930. The van der Waals surface area contributed by atoms with Gasteiger partial charge in [0.15, 0.2) is 23.0 Å². The number of hydrogen-bond acceptors (Lipinski definition) is 8. The van der Waals surface area contributed by atoms with Gasteiger partial charge in [0, 0.05) is 48.8 Å². The highest BCUT2D eigenvalue weighted by molar-refractivity contribution is 6.05. The van der Waals surface area contributed by atoms with E-state index in [9.17, 15) is 9.59 Å². The van der Waals surface area contributed by atoms with Gasteiger partial charge in [-0.1, -0.05) is 18.2 Å². The molecule has 0 spiro atoms. The number of benzene rings is 3. The van der Waals surface area contributed by atoms with Crippen molar-refractivity contribution in [2.75, 3.05) is 33.2 Å². The number of carbonyl (C=O) groups excluding carboxylic acids is 2. The van der Waals surface area contributed by atoms with Gasteiger partial charge in [-0.3, -0.25) is 14.6 Å². The van der Waals surface area contributed by atoms with Crippen molar-refractivity contribution in [3.05, 3.63) is 101 Å². The van der Waals surface area contributed by atoms with Crippen molar-refractivity contribution in [3.63, 3.8) is 0 Å². The average Bonchev–Trinajstić information content (AvgIpc) is 3.77. The fourth-order valence-electron chi connectivity index (χ4n) is 6.79. The number of hydrogen-bond donors (Lipinski definition) is 1. The van der Waals surface area contributed by atoms with Crippen molar-refractivity contribution < 1.29 is 28.5 Å². The van der Waals surface area contributed by atoms with Gasteiger partial charge in [-0.2, -0.15) is 0 Å². The van der Waals surface area contributed by atoms with Crippen LogP contribution in [0.5, 0.6) is 23.0 Å². The summed E-state index contributed by atoms with van der Waals surface area (Å²) in [5.74, 6) is 2.37. The molecule has 10 heteroatoms. The van der Waals surface area contributed by atoms with Crippen LogP contribution in [0.1, 0.15) is 63.9 Å². The highest BCUT2D eigenvalue weighted by atomic mass is 16.5. The maximum Gasteiger partial charge on any atom is 0.260 e. The van der Waals surface area contributed by atoms with Gasteiger partial charge in [-0.05, 0) is 84.7 Å². The molecule has 2 atom stereocenters. The number of carbonyl (C=O) groups is 2. The SMILES string of the molecule is C=CC1CC(C2CC2)=CN1C(=O)c1cc(OC)c(OCCCOc2cc3c(cc2OC)C(=O)N2C=C(c4ccc(N)cc4)CC2C=N3)cc1C. The molecule has 7 rings (SSSR count). The molecule has 3 heterocycles. The van der Waals surface area contributed by atoms with Gasteiger partial charge in [-0.15, -0.1) is 6.58 Å². The second-order valence-corrected chi connectivity index (χ2v) is 13.1. The van der Waals surface area contributed by atoms with Crippen LogP contribution in [0.15, 0.2) is 84.2 Å². The molecule has 3 aromatic rings. The van der Waals surface area contributed by atoms with Crippen LogP contribution >= 0.6 is 0 Å². The Morgan fingerprint density at radius 3 is 2.34 bits per heavy atom. The maximum absolute atomic E-state index is 13.7. The molecular formula is C40H42N4O6. The summed E-state index contributed by atoms with van der Waals surface area (Å²) in [7, 11) is 3.12. The van der Waals surface area contributed by atoms with E-state index >= 15 is 0 Å². The lowest BCUT2D eigenvalue weighted by atomic mass is 10.0. The minimum Gasteiger partial charge on any atom is -0.493 e. The second kappa shape index (κ2) is 13.8. The average molecular weight is 675 g/mol. The molecule has 2 N–H and O–H groups in total. The number of anilines is 1. The minimum absolute atomic E-state index is 0.0337. The molecule has 1 aliphatic carbocycles. The lowest BCUT2D eigenvalue weighted by molar-refractivity contribution is 0.0801. The highest BCUT2D eigenvalue weighted by Crippen LogP contribution is 2.43. The third-order valence-corrected chi connectivity index (χ3v) is 9.76. The van der Waals surface area contributed by atoms with Crippen molar-refractivity contribution in [2.45, 2.75) is 51.1 Å². The smallest absolute Gasteiger partial charge is 0.260 e. The molecule has 1 fully saturated rings. The van der Waals surface area contributed by atoms with Crippen LogP contribution in [0.3, 0.4) is 0 Å². The first-order valence-corrected chi connectivity index (χ1v) is 17.0. The summed E-state index contributed by atoms with van der Waals surface area (Å²) in [6, 6.07) is 14.5. The third-order valence-electron chi connectivity index (χ3n) is 9.76. The molecule has 4 aliphatic rings. The number of amides is 2. The second-order valence-electron chi connectivity index (χ2n) is 13.1. The number of aliphatic imine (C=N–C) groups is 1. The van der Waals surface area contributed by atoms with Crippen molar-refractivity contribution in [1.82, 2.24) is 9.80 Å². The van der Waals surface area contributed by atoms with E-state index in [1.807, 2.05) is 61.9 Å². The molecule has 0 radical (unpaired) electrons. The van der Waals surface area contributed by atoms with Gasteiger partial charge in [0.25, 0.3) is 11.8 Å². The molecular weight excluding hydrogens is 632 g/mol. The summed E-state index contributed by atoms with van der Waals surface area (Å²) in [6.07, 6.45) is 12.0. The van der Waals surface area contributed by atoms with Gasteiger partial charge in [0.2, 0.25) is 0 Å². The summed E-state index contributed by atoms with van der Waals surface area (Å²) < 4.78 is 23.5. The number of nitrogens with zero attached hydrogens (tertiary/aromatic N) is 3. The van der Waals surface area contributed by atoms with Crippen molar-refractivity contribution in [3.8, 4) is 23.0 Å². The van der Waals surface area contributed by atoms with Crippen molar-refractivity contribution >= 4 is 35.0 Å². The molecule has 0 aromatic heterocycles. The van der Waals surface area contributed by atoms with Gasteiger partial charge >= 0.3 is 0 Å². The number of fused-ring (bicyclic) bond motifs is 2. The topological polar surface area (TPSA) is 116 Å². The quantitative estimate of drug-likeness (QED) is 0.124. The molecule has 2 unspecified atom stereocenters. The Morgan fingerprint density at radius 1 is 0.960 bits per heavy atom. The van der Waals surface area contributed by atoms with Crippen LogP contribution in [-0.4, -0.2) is 67.3 Å². The fourth-order valence-corrected chi connectivity index (χ4v) is 6.79. The van der Waals surface area contributed by atoms with E-state index in [0.29, 0.717) is 77.5 Å². The van der Waals surface area contributed by atoms with Crippen LogP contribution in [0, 0.1) is 12.8 Å². The van der Waals surface area contributed by atoms with Gasteiger partial charge < -0.3 is 34.5 Å². The number of ether oxygens (including phenoxy) is 4. The van der Waals surface area contributed by atoms with Crippen molar-refractivity contribution in [1.29, 1.82) is 0 Å². The molecule has 50 heavy (non-hydrogen) atoms. The molecule has 3 aromatic carbocycles. The van der Waals surface area contributed by atoms with E-state index in [1.54, 1.807) is 42.2 Å². The number of aryl methyl sites for hydroxylation is 1. The Labute approximate surface area is 292 Å². The van der Waals surface area contributed by atoms with Gasteiger partial charge in [0.1, 0.15) is 0 Å². The van der Waals surface area contributed by atoms with Crippen molar-refractivity contribution in [2.24, 2.45) is 10.9 Å². The number of nitrogen functional groups attached to an aromatic ring is 1. The maximum atomic E-state index is 13.7. The zero-order valence-electron chi connectivity index (χ0n) is 28.7. The number of nitrogens with two attached hydrogens (primary N) is 1. The fraction of sp³-hybridized carbons (Fsp3) is 0.325.